The van der Waals surface area contributed by atoms with Gasteiger partial charge < -0.3 is 9.88 Å². The van der Waals surface area contributed by atoms with Crippen LogP contribution in [0, 0.1) is 18.6 Å². The number of amides is 1. The van der Waals surface area contributed by atoms with E-state index in [0.717, 1.165) is 0 Å². The van der Waals surface area contributed by atoms with Crippen LogP contribution < -0.4 is 10.7 Å². The van der Waals surface area contributed by atoms with Gasteiger partial charge in [0.2, 0.25) is 5.91 Å². The summed E-state index contributed by atoms with van der Waals surface area (Å²) in [6, 6.07) is 11.6. The van der Waals surface area contributed by atoms with Crippen molar-refractivity contribution in [3.63, 3.8) is 0 Å². The molecule has 0 aliphatic carbocycles. The topological polar surface area (TPSA) is 64.0 Å². The number of benzene rings is 2. The average Bonchev–Trinajstić information content (AvgIpc) is 2.65. The van der Waals surface area contributed by atoms with Crippen LogP contribution in [0.4, 0.5) is 14.5 Å². The number of para-hydroxylation sites is 2. The Hall–Kier alpha value is -3.61. The molecule has 0 aliphatic rings. The van der Waals surface area contributed by atoms with Gasteiger partial charge in [-0.05, 0) is 31.2 Å². The number of nitrogens with zero attached hydrogens (tertiary/aromatic N) is 2. The fourth-order valence-corrected chi connectivity index (χ4v) is 3.25. The van der Waals surface area contributed by atoms with Gasteiger partial charge in [-0.1, -0.05) is 18.2 Å². The van der Waals surface area contributed by atoms with Gasteiger partial charge >= 0.3 is 0 Å². The molecular formula is C21H15F2N3O2. The molecule has 2 aromatic heterocycles. The molecule has 7 heteroatoms. The highest BCUT2D eigenvalue weighted by Gasteiger charge is 2.13. The molecule has 0 aliphatic heterocycles. The van der Waals surface area contributed by atoms with Crippen molar-refractivity contribution in [1.29, 1.82) is 0 Å². The van der Waals surface area contributed by atoms with Crippen molar-refractivity contribution in [2.75, 3.05) is 5.32 Å². The van der Waals surface area contributed by atoms with Crippen LogP contribution in [0.25, 0.3) is 21.8 Å². The molecule has 0 spiro atoms. The Morgan fingerprint density at radius 2 is 1.79 bits per heavy atom. The standard InChI is InChI=1S/C21H15F2N3O2/c1-12-10-17(13-4-2-6-15(22)20(13)24-12)25-19(28)11-26-9-8-18(27)14-5-3-7-16(23)21(14)26/h2-10H,11H2,1H3,(H,24,25,28). The molecule has 0 fully saturated rings. The molecular weight excluding hydrogens is 364 g/mol. The number of halogens is 2. The summed E-state index contributed by atoms with van der Waals surface area (Å²) in [4.78, 5) is 28.7. The molecule has 2 aromatic carbocycles. The van der Waals surface area contributed by atoms with Gasteiger partial charge in [-0.3, -0.25) is 9.59 Å². The summed E-state index contributed by atoms with van der Waals surface area (Å²) < 4.78 is 29.7. The highest BCUT2D eigenvalue weighted by atomic mass is 19.1. The maximum Gasteiger partial charge on any atom is 0.244 e. The second kappa shape index (κ2) is 6.84. The van der Waals surface area contributed by atoms with E-state index >= 15 is 0 Å². The smallest absolute Gasteiger partial charge is 0.244 e. The molecule has 0 saturated heterocycles. The van der Waals surface area contributed by atoms with Crippen LogP contribution >= 0.6 is 0 Å². The Morgan fingerprint density at radius 3 is 2.57 bits per heavy atom. The Balaban J connectivity index is 1.71. The number of fused-ring (bicyclic) bond motifs is 2. The molecule has 2 heterocycles. The number of rotatable bonds is 3. The number of pyridine rings is 2. The molecule has 140 valence electrons. The fourth-order valence-electron chi connectivity index (χ4n) is 3.25. The number of hydrogen-bond acceptors (Lipinski definition) is 3. The van der Waals surface area contributed by atoms with E-state index in [0.29, 0.717) is 16.8 Å². The Morgan fingerprint density at radius 1 is 1.07 bits per heavy atom. The van der Waals surface area contributed by atoms with Crippen molar-refractivity contribution in [3.8, 4) is 0 Å². The second-order valence-electron chi connectivity index (χ2n) is 6.44. The molecule has 0 bridgehead atoms. The van der Waals surface area contributed by atoms with Crippen LogP contribution in [0.15, 0.2) is 59.5 Å². The third-order valence-corrected chi connectivity index (χ3v) is 4.45. The number of nitrogens with one attached hydrogen (secondary N) is 1. The number of anilines is 1. The minimum Gasteiger partial charge on any atom is -0.335 e. The lowest BCUT2D eigenvalue weighted by atomic mass is 10.1. The van der Waals surface area contributed by atoms with Crippen LogP contribution in [0.2, 0.25) is 0 Å². The summed E-state index contributed by atoms with van der Waals surface area (Å²) in [5.41, 5.74) is 0.868. The van der Waals surface area contributed by atoms with E-state index in [1.54, 1.807) is 19.1 Å². The largest absolute Gasteiger partial charge is 0.335 e. The number of carbonyl (C=O) groups is 1. The molecule has 0 atom stereocenters. The van der Waals surface area contributed by atoms with Gasteiger partial charge in [-0.25, -0.2) is 13.8 Å². The van der Waals surface area contributed by atoms with E-state index < -0.39 is 17.5 Å². The average molecular weight is 379 g/mol. The first-order valence-corrected chi connectivity index (χ1v) is 8.57. The maximum absolute atomic E-state index is 14.3. The molecule has 28 heavy (non-hydrogen) atoms. The van der Waals surface area contributed by atoms with E-state index in [2.05, 4.69) is 10.3 Å². The van der Waals surface area contributed by atoms with Gasteiger partial charge in [0.15, 0.2) is 5.43 Å². The van der Waals surface area contributed by atoms with Gasteiger partial charge in [0.25, 0.3) is 0 Å². The van der Waals surface area contributed by atoms with Gasteiger partial charge in [0.05, 0.1) is 11.2 Å². The zero-order valence-corrected chi connectivity index (χ0v) is 14.9. The molecule has 0 saturated carbocycles. The summed E-state index contributed by atoms with van der Waals surface area (Å²) in [7, 11) is 0. The lowest BCUT2D eigenvalue weighted by molar-refractivity contribution is -0.116. The van der Waals surface area contributed by atoms with E-state index in [1.165, 1.54) is 47.2 Å². The first-order valence-electron chi connectivity index (χ1n) is 8.57. The van der Waals surface area contributed by atoms with Gasteiger partial charge in [-0.2, -0.15) is 0 Å². The number of carbonyl (C=O) groups excluding carboxylic acids is 1. The summed E-state index contributed by atoms with van der Waals surface area (Å²) in [5, 5.41) is 3.40. The summed E-state index contributed by atoms with van der Waals surface area (Å²) in [6.07, 6.45) is 1.38. The molecule has 4 aromatic rings. The predicted molar refractivity (Wildman–Crippen MR) is 103 cm³/mol. The zero-order valence-electron chi connectivity index (χ0n) is 14.9. The van der Waals surface area contributed by atoms with Crippen LogP contribution in [-0.2, 0) is 11.3 Å². The highest BCUT2D eigenvalue weighted by molar-refractivity contribution is 6.01. The second-order valence-corrected chi connectivity index (χ2v) is 6.44. The molecule has 0 unspecified atom stereocenters. The van der Waals surface area contributed by atoms with Crippen LogP contribution in [0.1, 0.15) is 5.69 Å². The van der Waals surface area contributed by atoms with Crippen molar-refractivity contribution in [2.24, 2.45) is 0 Å². The molecule has 5 nitrogen and oxygen atoms in total. The SMILES string of the molecule is Cc1cc(NC(=O)Cn2ccc(=O)c3cccc(F)c32)c2cccc(F)c2n1. The predicted octanol–water partition coefficient (Wildman–Crippen LogP) is 3.78. The van der Waals surface area contributed by atoms with Crippen molar-refractivity contribution in [2.45, 2.75) is 13.5 Å². The number of aromatic nitrogens is 2. The maximum atomic E-state index is 14.3. The van der Waals surface area contributed by atoms with Crippen molar-refractivity contribution in [1.82, 2.24) is 9.55 Å². The van der Waals surface area contributed by atoms with Crippen molar-refractivity contribution >= 4 is 33.4 Å². The molecule has 0 radical (unpaired) electrons. The Labute approximate surface area is 158 Å². The number of hydrogen-bond donors (Lipinski definition) is 1. The minimum absolute atomic E-state index is 0.0620. The summed E-state index contributed by atoms with van der Waals surface area (Å²) in [6.45, 7) is 1.49. The monoisotopic (exact) mass is 379 g/mol. The van der Waals surface area contributed by atoms with E-state index in [9.17, 15) is 18.4 Å². The molecule has 4 rings (SSSR count). The Kier molecular flexibility index (Phi) is 4.35. The number of aryl methyl sites for hydroxylation is 1. The first-order chi connectivity index (χ1) is 13.4. The van der Waals surface area contributed by atoms with E-state index in [1.807, 2.05) is 0 Å². The van der Waals surface area contributed by atoms with Gasteiger partial charge in [-0.15, -0.1) is 0 Å². The third kappa shape index (κ3) is 3.11. The normalized spacial score (nSPS) is 11.1. The van der Waals surface area contributed by atoms with Gasteiger partial charge in [0.1, 0.15) is 23.7 Å². The quantitative estimate of drug-likeness (QED) is 0.589. The van der Waals surface area contributed by atoms with E-state index in [-0.39, 0.29) is 28.4 Å². The Bertz CT molecular complexity index is 1300. The minimum atomic E-state index is -0.588. The lowest BCUT2D eigenvalue weighted by Gasteiger charge is -2.13. The first kappa shape index (κ1) is 17.8. The van der Waals surface area contributed by atoms with Gasteiger partial charge in [0, 0.05) is 28.7 Å². The van der Waals surface area contributed by atoms with Crippen LogP contribution in [0.3, 0.4) is 0 Å². The lowest BCUT2D eigenvalue weighted by Crippen LogP contribution is -2.21. The van der Waals surface area contributed by atoms with E-state index in [4.69, 9.17) is 0 Å². The van der Waals surface area contributed by atoms with Crippen molar-refractivity contribution < 1.29 is 13.6 Å². The van der Waals surface area contributed by atoms with Crippen molar-refractivity contribution in [3.05, 3.63) is 82.3 Å². The molecule has 1 N–H and O–H groups in total. The highest BCUT2D eigenvalue weighted by Crippen LogP contribution is 2.25. The molecule has 1 amide bonds. The zero-order chi connectivity index (χ0) is 19.8. The summed E-state index contributed by atoms with van der Waals surface area (Å²) >= 11 is 0. The fraction of sp³-hybridized carbons (Fsp3) is 0.0952. The summed E-state index contributed by atoms with van der Waals surface area (Å²) in [5.74, 6) is -1.51. The third-order valence-electron chi connectivity index (χ3n) is 4.45. The van der Waals surface area contributed by atoms with Crippen LogP contribution in [0.5, 0.6) is 0 Å². The van der Waals surface area contributed by atoms with Crippen LogP contribution in [-0.4, -0.2) is 15.5 Å².